The zero-order valence-electron chi connectivity index (χ0n) is 10.5. The molecule has 0 spiro atoms. The molecule has 0 unspecified atom stereocenters. The summed E-state index contributed by atoms with van der Waals surface area (Å²) in [5, 5.41) is 12.9. The zero-order valence-corrected chi connectivity index (χ0v) is 11.3. The van der Waals surface area contributed by atoms with Gasteiger partial charge in [0.05, 0.1) is 12.2 Å². The number of aromatic amines is 1. The summed E-state index contributed by atoms with van der Waals surface area (Å²) in [6, 6.07) is 3.18. The minimum Gasteiger partial charge on any atom is -0.398 e. The summed E-state index contributed by atoms with van der Waals surface area (Å²) in [4.78, 5) is 0.0547. The lowest BCUT2D eigenvalue weighted by molar-refractivity contribution is 0.579. The molecule has 0 amide bonds. The molecule has 1 aromatic heterocycles. The van der Waals surface area contributed by atoms with Crippen molar-refractivity contribution in [3.63, 3.8) is 0 Å². The van der Waals surface area contributed by atoms with E-state index >= 15 is 0 Å². The van der Waals surface area contributed by atoms with Gasteiger partial charge < -0.3 is 5.73 Å². The zero-order chi connectivity index (χ0) is 14.0. The predicted molar refractivity (Wildman–Crippen MR) is 68.5 cm³/mol. The molecule has 0 radical (unpaired) electrons. The Hall–Kier alpha value is -2.00. The van der Waals surface area contributed by atoms with E-state index in [0.717, 1.165) is 11.1 Å². The van der Waals surface area contributed by atoms with Crippen LogP contribution in [0.2, 0.25) is 0 Å². The minimum absolute atomic E-state index is 0.0504. The summed E-state index contributed by atoms with van der Waals surface area (Å²) in [7, 11) is -3.70. The standard InChI is InChI=1S/C10H14N6O2S/c1-6-3-8(11)9(4-7(6)2)19(17,18)12-5-10-13-15-16-14-10/h3-4,12H,5,11H2,1-2H3,(H,13,14,15,16). The van der Waals surface area contributed by atoms with Crippen molar-refractivity contribution in [1.82, 2.24) is 25.3 Å². The summed E-state index contributed by atoms with van der Waals surface area (Å²) in [5.41, 5.74) is 7.76. The maximum Gasteiger partial charge on any atom is 0.243 e. The third-order valence-electron chi connectivity index (χ3n) is 2.73. The molecule has 1 heterocycles. The number of aryl methyl sites for hydroxylation is 2. The Morgan fingerprint density at radius 2 is 2.00 bits per heavy atom. The van der Waals surface area contributed by atoms with Gasteiger partial charge in [0.2, 0.25) is 10.0 Å². The van der Waals surface area contributed by atoms with Crippen molar-refractivity contribution in [3.05, 3.63) is 29.1 Å². The van der Waals surface area contributed by atoms with Crippen LogP contribution < -0.4 is 10.5 Å². The van der Waals surface area contributed by atoms with Crippen LogP contribution in [0.25, 0.3) is 0 Å². The van der Waals surface area contributed by atoms with Gasteiger partial charge in [-0.1, -0.05) is 5.21 Å². The Kier molecular flexibility index (Phi) is 3.49. The molecule has 0 aliphatic carbocycles. The summed E-state index contributed by atoms with van der Waals surface area (Å²) < 4.78 is 26.6. The molecule has 8 nitrogen and oxygen atoms in total. The summed E-state index contributed by atoms with van der Waals surface area (Å²) in [5.74, 6) is 0.256. The number of nitrogens with one attached hydrogen (secondary N) is 2. The van der Waals surface area contributed by atoms with Gasteiger partial charge in [-0.2, -0.15) is 5.21 Å². The fourth-order valence-electron chi connectivity index (χ4n) is 1.54. The van der Waals surface area contributed by atoms with Crippen LogP contribution >= 0.6 is 0 Å². The van der Waals surface area contributed by atoms with Crippen molar-refractivity contribution >= 4 is 15.7 Å². The number of hydrogen-bond donors (Lipinski definition) is 3. The molecule has 0 atom stereocenters. The summed E-state index contributed by atoms with van der Waals surface area (Å²) in [6.07, 6.45) is 0. The van der Waals surface area contributed by atoms with Crippen molar-refractivity contribution in [1.29, 1.82) is 0 Å². The Labute approximate surface area is 110 Å². The van der Waals surface area contributed by atoms with E-state index in [1.54, 1.807) is 12.1 Å². The van der Waals surface area contributed by atoms with Gasteiger partial charge in [-0.15, -0.1) is 10.2 Å². The molecule has 0 saturated heterocycles. The number of benzene rings is 1. The van der Waals surface area contributed by atoms with E-state index in [1.165, 1.54) is 0 Å². The van der Waals surface area contributed by atoms with Crippen LogP contribution in [0.3, 0.4) is 0 Å². The number of nitrogen functional groups attached to an aromatic ring is 1. The summed E-state index contributed by atoms with van der Waals surface area (Å²) in [6.45, 7) is 3.65. The Balaban J connectivity index is 2.27. The third kappa shape index (κ3) is 2.88. The minimum atomic E-state index is -3.70. The van der Waals surface area contributed by atoms with Crippen LogP contribution in [-0.4, -0.2) is 29.0 Å². The van der Waals surface area contributed by atoms with Crippen LogP contribution in [0, 0.1) is 13.8 Å². The van der Waals surface area contributed by atoms with Gasteiger partial charge in [-0.05, 0) is 37.1 Å². The largest absolute Gasteiger partial charge is 0.398 e. The highest BCUT2D eigenvalue weighted by atomic mass is 32.2. The van der Waals surface area contributed by atoms with Gasteiger partial charge in [-0.25, -0.2) is 13.1 Å². The number of nitrogens with two attached hydrogens (primary N) is 1. The lowest BCUT2D eigenvalue weighted by Gasteiger charge is -2.10. The quantitative estimate of drug-likeness (QED) is 0.671. The molecule has 0 fully saturated rings. The number of hydrogen-bond acceptors (Lipinski definition) is 6. The number of aromatic nitrogens is 4. The van der Waals surface area contributed by atoms with Crippen LogP contribution in [-0.2, 0) is 16.6 Å². The van der Waals surface area contributed by atoms with E-state index < -0.39 is 10.0 Å². The second kappa shape index (κ2) is 4.94. The SMILES string of the molecule is Cc1cc(N)c(S(=O)(=O)NCc2nn[nH]n2)cc1C. The van der Waals surface area contributed by atoms with Gasteiger partial charge >= 0.3 is 0 Å². The van der Waals surface area contributed by atoms with Gasteiger partial charge in [0.1, 0.15) is 4.90 Å². The number of rotatable bonds is 4. The Morgan fingerprint density at radius 3 is 2.63 bits per heavy atom. The molecule has 0 bridgehead atoms. The van der Waals surface area contributed by atoms with Gasteiger partial charge in [0, 0.05) is 0 Å². The first kappa shape index (κ1) is 13.4. The number of anilines is 1. The highest BCUT2D eigenvalue weighted by Crippen LogP contribution is 2.22. The molecule has 19 heavy (non-hydrogen) atoms. The first-order chi connectivity index (χ1) is 8.90. The first-order valence-corrected chi connectivity index (χ1v) is 6.97. The van der Waals surface area contributed by atoms with E-state index in [2.05, 4.69) is 25.3 Å². The third-order valence-corrected chi connectivity index (χ3v) is 4.18. The van der Waals surface area contributed by atoms with E-state index in [4.69, 9.17) is 5.73 Å². The molecule has 0 aliphatic rings. The van der Waals surface area contributed by atoms with Crippen molar-refractivity contribution in [2.45, 2.75) is 25.3 Å². The monoisotopic (exact) mass is 282 g/mol. The number of H-pyrrole nitrogens is 1. The number of sulfonamides is 1. The smallest absolute Gasteiger partial charge is 0.243 e. The van der Waals surface area contributed by atoms with E-state index in [0.29, 0.717) is 0 Å². The van der Waals surface area contributed by atoms with Gasteiger partial charge in [0.15, 0.2) is 5.82 Å². The maximum absolute atomic E-state index is 12.1. The van der Waals surface area contributed by atoms with Crippen molar-refractivity contribution in [3.8, 4) is 0 Å². The Morgan fingerprint density at radius 1 is 1.32 bits per heavy atom. The average molecular weight is 282 g/mol. The summed E-state index contributed by atoms with van der Waals surface area (Å²) >= 11 is 0. The normalized spacial score (nSPS) is 11.7. The molecule has 1 aromatic carbocycles. The van der Waals surface area contributed by atoms with Crippen LogP contribution in [0.5, 0.6) is 0 Å². The highest BCUT2D eigenvalue weighted by Gasteiger charge is 2.18. The number of tetrazole rings is 1. The molecule has 2 aromatic rings. The maximum atomic E-state index is 12.1. The van der Waals surface area contributed by atoms with Crippen LogP contribution in [0.4, 0.5) is 5.69 Å². The van der Waals surface area contributed by atoms with E-state index in [1.807, 2.05) is 13.8 Å². The van der Waals surface area contributed by atoms with Crippen LogP contribution in [0.1, 0.15) is 17.0 Å². The number of nitrogens with zero attached hydrogens (tertiary/aromatic N) is 3. The average Bonchev–Trinajstić information content (AvgIpc) is 2.84. The first-order valence-electron chi connectivity index (χ1n) is 5.49. The molecule has 0 saturated carbocycles. The van der Waals surface area contributed by atoms with Crippen LogP contribution in [0.15, 0.2) is 17.0 Å². The van der Waals surface area contributed by atoms with E-state index in [9.17, 15) is 8.42 Å². The van der Waals surface area contributed by atoms with Crippen molar-refractivity contribution in [2.24, 2.45) is 0 Å². The Bertz CT molecular complexity index is 680. The fraction of sp³-hybridized carbons (Fsp3) is 0.300. The highest BCUT2D eigenvalue weighted by molar-refractivity contribution is 7.89. The fourth-order valence-corrected chi connectivity index (χ4v) is 2.72. The van der Waals surface area contributed by atoms with Crippen molar-refractivity contribution < 1.29 is 8.42 Å². The second-order valence-electron chi connectivity index (χ2n) is 4.13. The second-order valence-corrected chi connectivity index (χ2v) is 5.86. The molecule has 102 valence electrons. The van der Waals surface area contributed by atoms with Crippen molar-refractivity contribution in [2.75, 3.05) is 5.73 Å². The van der Waals surface area contributed by atoms with Gasteiger partial charge in [-0.3, -0.25) is 0 Å². The topological polar surface area (TPSA) is 127 Å². The molecule has 2 rings (SSSR count). The molecule has 4 N–H and O–H groups in total. The lowest BCUT2D eigenvalue weighted by atomic mass is 10.1. The lowest BCUT2D eigenvalue weighted by Crippen LogP contribution is -2.25. The predicted octanol–water partition coefficient (Wildman–Crippen LogP) is -0.123. The van der Waals surface area contributed by atoms with Gasteiger partial charge in [0.25, 0.3) is 0 Å². The molecular weight excluding hydrogens is 268 g/mol. The molecular formula is C10H14N6O2S. The molecule has 9 heteroatoms. The van der Waals surface area contributed by atoms with E-state index in [-0.39, 0.29) is 23.0 Å². The molecule has 0 aliphatic heterocycles.